The van der Waals surface area contributed by atoms with E-state index >= 15 is 0 Å². The Morgan fingerprint density at radius 3 is 2.35 bits per heavy atom. The molecule has 2 fully saturated rings. The van der Waals surface area contributed by atoms with Crippen molar-refractivity contribution in [2.24, 2.45) is 17.6 Å². The average Bonchev–Trinajstić information content (AvgIpc) is 2.37. The van der Waals surface area contributed by atoms with Crippen LogP contribution in [0.5, 0.6) is 0 Å². The zero-order chi connectivity index (χ0) is 14.0. The SMILES string of the molecule is Cl.NC1CCCN(C(=O)C2CCCCC2C(F)(F)F)C1. The fourth-order valence-corrected chi connectivity index (χ4v) is 3.26. The van der Waals surface area contributed by atoms with E-state index in [1.54, 1.807) is 4.90 Å². The highest BCUT2D eigenvalue weighted by atomic mass is 35.5. The molecule has 0 bridgehead atoms. The summed E-state index contributed by atoms with van der Waals surface area (Å²) in [5.41, 5.74) is 5.80. The molecule has 0 radical (unpaired) electrons. The summed E-state index contributed by atoms with van der Waals surface area (Å²) < 4.78 is 39.0. The second-order valence-corrected chi connectivity index (χ2v) is 5.73. The van der Waals surface area contributed by atoms with Crippen LogP contribution < -0.4 is 5.73 Å². The number of piperidine rings is 1. The lowest BCUT2D eigenvalue weighted by Crippen LogP contribution is -2.50. The summed E-state index contributed by atoms with van der Waals surface area (Å²) in [6, 6.07) is -0.0920. The van der Waals surface area contributed by atoms with Gasteiger partial charge >= 0.3 is 6.18 Å². The number of hydrogen-bond donors (Lipinski definition) is 1. The molecule has 3 unspecified atom stereocenters. The highest BCUT2D eigenvalue weighted by Crippen LogP contribution is 2.42. The van der Waals surface area contributed by atoms with Gasteiger partial charge in [0, 0.05) is 25.0 Å². The Kier molecular flexibility index (Phi) is 6.13. The fraction of sp³-hybridized carbons (Fsp3) is 0.923. The molecule has 0 spiro atoms. The standard InChI is InChI=1S/C13H21F3N2O.ClH/c14-13(15,16)11-6-2-1-5-10(11)12(19)18-7-3-4-9(17)8-18;/h9-11H,1-8,17H2;1H. The Morgan fingerprint density at radius 1 is 1.10 bits per heavy atom. The Morgan fingerprint density at radius 2 is 1.75 bits per heavy atom. The van der Waals surface area contributed by atoms with Gasteiger partial charge in [-0.25, -0.2) is 0 Å². The summed E-state index contributed by atoms with van der Waals surface area (Å²) in [7, 11) is 0. The van der Waals surface area contributed by atoms with Gasteiger partial charge < -0.3 is 10.6 Å². The average molecular weight is 315 g/mol. The number of nitrogens with zero attached hydrogens (tertiary/aromatic N) is 1. The maximum absolute atomic E-state index is 13.0. The van der Waals surface area contributed by atoms with Crippen molar-refractivity contribution < 1.29 is 18.0 Å². The van der Waals surface area contributed by atoms with Gasteiger partial charge in [-0.05, 0) is 25.7 Å². The summed E-state index contributed by atoms with van der Waals surface area (Å²) in [6.07, 6.45) is -0.920. The smallest absolute Gasteiger partial charge is 0.341 e. The summed E-state index contributed by atoms with van der Waals surface area (Å²) in [5.74, 6) is -2.69. The zero-order valence-corrected chi connectivity index (χ0v) is 12.2. The largest absolute Gasteiger partial charge is 0.392 e. The highest BCUT2D eigenvalue weighted by molar-refractivity contribution is 5.85. The van der Waals surface area contributed by atoms with Crippen molar-refractivity contribution in [3.8, 4) is 0 Å². The van der Waals surface area contributed by atoms with Gasteiger partial charge in [-0.3, -0.25) is 4.79 Å². The number of carbonyl (C=O) groups is 1. The van der Waals surface area contributed by atoms with E-state index in [1.165, 1.54) is 0 Å². The molecule has 20 heavy (non-hydrogen) atoms. The summed E-state index contributed by atoms with van der Waals surface area (Å²) >= 11 is 0. The first-order chi connectivity index (χ1) is 8.89. The Hall–Kier alpha value is -0.490. The number of hydrogen-bond acceptors (Lipinski definition) is 2. The van der Waals surface area contributed by atoms with Gasteiger partial charge in [-0.1, -0.05) is 12.8 Å². The minimum absolute atomic E-state index is 0. The Balaban J connectivity index is 0.00000200. The van der Waals surface area contributed by atoms with Gasteiger partial charge in [-0.2, -0.15) is 13.2 Å². The van der Waals surface area contributed by atoms with Crippen LogP contribution in [0.2, 0.25) is 0 Å². The second kappa shape index (κ2) is 6.98. The van der Waals surface area contributed by atoms with Crippen LogP contribution in [0.4, 0.5) is 13.2 Å². The van der Waals surface area contributed by atoms with E-state index in [-0.39, 0.29) is 30.8 Å². The molecular formula is C13H22ClF3N2O. The lowest BCUT2D eigenvalue weighted by atomic mass is 9.77. The molecule has 0 aromatic heterocycles. The third kappa shape index (κ3) is 4.01. The molecule has 1 saturated carbocycles. The van der Waals surface area contributed by atoms with E-state index in [0.29, 0.717) is 32.4 Å². The Bertz CT molecular complexity index is 338. The maximum atomic E-state index is 13.0. The topological polar surface area (TPSA) is 46.3 Å². The third-order valence-electron chi connectivity index (χ3n) is 4.27. The van der Waals surface area contributed by atoms with Crippen molar-refractivity contribution in [1.82, 2.24) is 4.90 Å². The first kappa shape index (κ1) is 17.6. The normalized spacial score (nSPS) is 31.6. The molecule has 2 rings (SSSR count). The number of nitrogens with two attached hydrogens (primary N) is 1. The highest BCUT2D eigenvalue weighted by Gasteiger charge is 2.49. The van der Waals surface area contributed by atoms with Crippen molar-refractivity contribution in [2.75, 3.05) is 13.1 Å². The quantitative estimate of drug-likeness (QED) is 0.809. The molecule has 7 heteroatoms. The number of rotatable bonds is 1. The third-order valence-corrected chi connectivity index (χ3v) is 4.27. The molecule has 118 valence electrons. The molecule has 1 saturated heterocycles. The van der Waals surface area contributed by atoms with Gasteiger partial charge in [0.2, 0.25) is 5.91 Å². The van der Waals surface area contributed by atoms with Crippen LogP contribution >= 0.6 is 12.4 Å². The summed E-state index contributed by atoms with van der Waals surface area (Å²) in [6.45, 7) is 0.952. The summed E-state index contributed by atoms with van der Waals surface area (Å²) in [5, 5.41) is 0. The predicted octanol–water partition coefficient (Wildman–Crippen LogP) is 2.73. The lowest BCUT2D eigenvalue weighted by molar-refractivity contribution is -0.201. The molecular weight excluding hydrogens is 293 g/mol. The van der Waals surface area contributed by atoms with Crippen LogP contribution in [0.25, 0.3) is 0 Å². The van der Waals surface area contributed by atoms with Gasteiger partial charge in [0.05, 0.1) is 5.92 Å². The zero-order valence-electron chi connectivity index (χ0n) is 11.4. The summed E-state index contributed by atoms with van der Waals surface area (Å²) in [4.78, 5) is 13.9. The van der Waals surface area contributed by atoms with Crippen molar-refractivity contribution in [2.45, 2.75) is 50.7 Å². The van der Waals surface area contributed by atoms with E-state index in [2.05, 4.69) is 0 Å². The van der Waals surface area contributed by atoms with Crippen LogP contribution in [0, 0.1) is 11.8 Å². The van der Waals surface area contributed by atoms with Gasteiger partial charge in [0.15, 0.2) is 0 Å². The number of alkyl halides is 3. The van der Waals surface area contributed by atoms with Crippen molar-refractivity contribution in [3.63, 3.8) is 0 Å². The van der Waals surface area contributed by atoms with E-state index < -0.39 is 18.0 Å². The van der Waals surface area contributed by atoms with Crippen molar-refractivity contribution in [1.29, 1.82) is 0 Å². The van der Waals surface area contributed by atoms with E-state index in [4.69, 9.17) is 5.73 Å². The molecule has 2 N–H and O–H groups in total. The first-order valence-corrected chi connectivity index (χ1v) is 7.00. The molecule has 3 atom stereocenters. The lowest BCUT2D eigenvalue weighted by Gasteiger charge is -2.38. The van der Waals surface area contributed by atoms with E-state index in [0.717, 1.165) is 12.8 Å². The minimum atomic E-state index is -4.27. The minimum Gasteiger partial charge on any atom is -0.341 e. The second-order valence-electron chi connectivity index (χ2n) is 5.73. The predicted molar refractivity (Wildman–Crippen MR) is 72.5 cm³/mol. The monoisotopic (exact) mass is 314 g/mol. The van der Waals surface area contributed by atoms with E-state index in [1.807, 2.05) is 0 Å². The maximum Gasteiger partial charge on any atom is 0.392 e. The van der Waals surface area contributed by atoms with Crippen LogP contribution in [-0.4, -0.2) is 36.1 Å². The van der Waals surface area contributed by atoms with Gasteiger partial charge in [0.25, 0.3) is 0 Å². The fourth-order valence-electron chi connectivity index (χ4n) is 3.26. The van der Waals surface area contributed by atoms with Crippen LogP contribution in [0.3, 0.4) is 0 Å². The van der Waals surface area contributed by atoms with Crippen LogP contribution in [-0.2, 0) is 4.79 Å². The number of carbonyl (C=O) groups excluding carboxylic acids is 1. The molecule has 1 aliphatic carbocycles. The molecule has 0 aromatic rings. The molecule has 1 aliphatic heterocycles. The van der Waals surface area contributed by atoms with Gasteiger partial charge in [0.1, 0.15) is 0 Å². The molecule has 1 amide bonds. The Labute approximate surface area is 123 Å². The van der Waals surface area contributed by atoms with Crippen molar-refractivity contribution in [3.05, 3.63) is 0 Å². The van der Waals surface area contributed by atoms with Crippen LogP contribution in [0.15, 0.2) is 0 Å². The number of halogens is 4. The number of amides is 1. The molecule has 0 aromatic carbocycles. The van der Waals surface area contributed by atoms with E-state index in [9.17, 15) is 18.0 Å². The first-order valence-electron chi connectivity index (χ1n) is 7.00. The van der Waals surface area contributed by atoms with Crippen molar-refractivity contribution >= 4 is 18.3 Å². The molecule has 3 nitrogen and oxygen atoms in total. The molecule has 2 aliphatic rings. The van der Waals surface area contributed by atoms with Crippen LogP contribution in [0.1, 0.15) is 38.5 Å². The number of likely N-dealkylation sites (tertiary alicyclic amines) is 1. The van der Waals surface area contributed by atoms with Gasteiger partial charge in [-0.15, -0.1) is 12.4 Å². The molecule has 1 heterocycles.